The van der Waals surface area contributed by atoms with Gasteiger partial charge in [-0.1, -0.05) is 11.6 Å². The zero-order valence-electron chi connectivity index (χ0n) is 8.72. The molecule has 0 saturated carbocycles. The number of nitrogens with zero attached hydrogens (tertiary/aromatic N) is 2. The van der Waals surface area contributed by atoms with E-state index in [1.165, 1.54) is 0 Å². The zero-order valence-corrected chi connectivity index (χ0v) is 10.3. The van der Waals surface area contributed by atoms with Gasteiger partial charge in [-0.15, -0.1) is 11.3 Å². The monoisotopic (exact) mass is 261 g/mol. The van der Waals surface area contributed by atoms with Gasteiger partial charge in [-0.3, -0.25) is 4.98 Å². The van der Waals surface area contributed by atoms with Crippen molar-refractivity contribution < 1.29 is 0 Å². The van der Waals surface area contributed by atoms with E-state index in [-0.39, 0.29) is 0 Å². The standard InChI is InChI=1S/C12H8ClN3S/c13-8-1-2-11-10(4-8)16-12(17-11)7-3-9(14)6-15-5-7/h1-6H,14H2. The van der Waals surface area contributed by atoms with Crippen molar-refractivity contribution in [2.75, 3.05) is 5.73 Å². The Morgan fingerprint density at radius 3 is 2.88 bits per heavy atom. The van der Waals surface area contributed by atoms with Crippen LogP contribution in [0.25, 0.3) is 20.8 Å². The number of hydrogen-bond acceptors (Lipinski definition) is 4. The number of anilines is 1. The fraction of sp³-hybridized carbons (Fsp3) is 0. The van der Waals surface area contributed by atoms with Crippen LogP contribution in [0.3, 0.4) is 0 Å². The molecular weight excluding hydrogens is 254 g/mol. The Labute approximate surface area is 107 Å². The van der Waals surface area contributed by atoms with Gasteiger partial charge in [0.2, 0.25) is 0 Å². The summed E-state index contributed by atoms with van der Waals surface area (Å²) in [7, 11) is 0. The third kappa shape index (κ3) is 1.97. The van der Waals surface area contributed by atoms with Crippen LogP contribution in [0.5, 0.6) is 0 Å². The van der Waals surface area contributed by atoms with E-state index in [2.05, 4.69) is 9.97 Å². The van der Waals surface area contributed by atoms with E-state index >= 15 is 0 Å². The molecule has 1 aromatic carbocycles. The number of nitrogen functional groups attached to an aromatic ring is 1. The molecule has 5 heteroatoms. The molecule has 84 valence electrons. The third-order valence-corrected chi connectivity index (χ3v) is 3.68. The van der Waals surface area contributed by atoms with E-state index in [1.54, 1.807) is 23.7 Å². The second-order valence-corrected chi connectivity index (χ2v) is 5.11. The lowest BCUT2D eigenvalue weighted by atomic mass is 10.3. The third-order valence-electron chi connectivity index (χ3n) is 2.36. The van der Waals surface area contributed by atoms with Gasteiger partial charge >= 0.3 is 0 Å². The van der Waals surface area contributed by atoms with Crippen molar-refractivity contribution in [2.24, 2.45) is 0 Å². The van der Waals surface area contributed by atoms with Crippen LogP contribution in [0.1, 0.15) is 0 Å². The van der Waals surface area contributed by atoms with Gasteiger partial charge in [-0.2, -0.15) is 0 Å². The van der Waals surface area contributed by atoms with Crippen LogP contribution in [0.15, 0.2) is 36.7 Å². The lowest BCUT2D eigenvalue weighted by Crippen LogP contribution is -1.86. The Morgan fingerprint density at radius 2 is 2.06 bits per heavy atom. The van der Waals surface area contributed by atoms with Crippen molar-refractivity contribution >= 4 is 38.8 Å². The van der Waals surface area contributed by atoms with Gasteiger partial charge < -0.3 is 5.73 Å². The molecular formula is C12H8ClN3S. The molecule has 0 aliphatic rings. The lowest BCUT2D eigenvalue weighted by Gasteiger charge is -1.95. The maximum atomic E-state index is 5.93. The maximum absolute atomic E-state index is 5.93. The summed E-state index contributed by atoms with van der Waals surface area (Å²) in [6, 6.07) is 7.56. The first-order valence-electron chi connectivity index (χ1n) is 4.99. The van der Waals surface area contributed by atoms with Crippen LogP contribution in [-0.4, -0.2) is 9.97 Å². The normalized spacial score (nSPS) is 10.9. The van der Waals surface area contributed by atoms with Gasteiger partial charge in [-0.25, -0.2) is 4.98 Å². The summed E-state index contributed by atoms with van der Waals surface area (Å²) in [6.07, 6.45) is 3.38. The number of benzene rings is 1. The minimum atomic E-state index is 0.639. The Bertz CT molecular complexity index is 693. The van der Waals surface area contributed by atoms with E-state index < -0.39 is 0 Å². The first kappa shape index (κ1) is 10.5. The molecule has 0 unspecified atom stereocenters. The van der Waals surface area contributed by atoms with Crippen LogP contribution in [0.2, 0.25) is 5.02 Å². The summed E-state index contributed by atoms with van der Waals surface area (Å²) in [5.41, 5.74) is 8.18. The molecule has 17 heavy (non-hydrogen) atoms. The van der Waals surface area contributed by atoms with Crippen molar-refractivity contribution in [3.8, 4) is 10.6 Å². The fourth-order valence-electron chi connectivity index (χ4n) is 1.60. The molecule has 0 bridgehead atoms. The SMILES string of the molecule is Nc1cncc(-c2nc3cc(Cl)ccc3s2)c1. The largest absolute Gasteiger partial charge is 0.397 e. The van der Waals surface area contributed by atoms with Crippen LogP contribution in [0.4, 0.5) is 5.69 Å². The minimum Gasteiger partial charge on any atom is -0.397 e. The number of halogens is 1. The number of thiazole rings is 1. The average molecular weight is 262 g/mol. The molecule has 3 rings (SSSR count). The van der Waals surface area contributed by atoms with Crippen LogP contribution >= 0.6 is 22.9 Å². The number of aromatic nitrogens is 2. The number of hydrogen-bond donors (Lipinski definition) is 1. The number of nitrogens with two attached hydrogens (primary N) is 1. The first-order chi connectivity index (χ1) is 8.22. The Hall–Kier alpha value is -1.65. The highest BCUT2D eigenvalue weighted by molar-refractivity contribution is 7.21. The zero-order chi connectivity index (χ0) is 11.8. The van der Waals surface area contributed by atoms with Gasteiger partial charge in [-0.05, 0) is 24.3 Å². The van der Waals surface area contributed by atoms with Crippen molar-refractivity contribution in [1.29, 1.82) is 0 Å². The van der Waals surface area contributed by atoms with E-state index in [0.717, 1.165) is 20.8 Å². The van der Waals surface area contributed by atoms with E-state index in [9.17, 15) is 0 Å². The van der Waals surface area contributed by atoms with Gasteiger partial charge in [0.15, 0.2) is 0 Å². The number of rotatable bonds is 1. The van der Waals surface area contributed by atoms with Crippen LogP contribution in [-0.2, 0) is 0 Å². The molecule has 0 aliphatic heterocycles. The Balaban J connectivity index is 2.18. The number of pyridine rings is 1. The Kier molecular flexibility index (Phi) is 2.46. The van der Waals surface area contributed by atoms with E-state index in [4.69, 9.17) is 17.3 Å². The molecule has 0 spiro atoms. The molecule has 2 heterocycles. The summed E-state index contributed by atoms with van der Waals surface area (Å²) < 4.78 is 1.10. The quantitative estimate of drug-likeness (QED) is 0.728. The minimum absolute atomic E-state index is 0.639. The van der Waals surface area contributed by atoms with Crippen LogP contribution in [0, 0.1) is 0 Å². The maximum Gasteiger partial charge on any atom is 0.126 e. The van der Waals surface area contributed by atoms with Crippen molar-refractivity contribution in [1.82, 2.24) is 9.97 Å². The van der Waals surface area contributed by atoms with Crippen LogP contribution < -0.4 is 5.73 Å². The van der Waals surface area contributed by atoms with Gasteiger partial charge in [0.1, 0.15) is 5.01 Å². The van der Waals surface area contributed by atoms with Gasteiger partial charge in [0.25, 0.3) is 0 Å². The van der Waals surface area contributed by atoms with Crippen molar-refractivity contribution in [3.63, 3.8) is 0 Å². The first-order valence-corrected chi connectivity index (χ1v) is 6.19. The molecule has 0 aliphatic carbocycles. The Morgan fingerprint density at radius 1 is 1.18 bits per heavy atom. The topological polar surface area (TPSA) is 51.8 Å². The fourth-order valence-corrected chi connectivity index (χ4v) is 2.69. The molecule has 0 fully saturated rings. The molecule has 2 N–H and O–H groups in total. The smallest absolute Gasteiger partial charge is 0.126 e. The predicted octanol–water partition coefficient (Wildman–Crippen LogP) is 3.59. The summed E-state index contributed by atoms with van der Waals surface area (Å²) in [6.45, 7) is 0. The molecule has 0 radical (unpaired) electrons. The highest BCUT2D eigenvalue weighted by Crippen LogP contribution is 2.31. The molecule has 3 nitrogen and oxygen atoms in total. The highest BCUT2D eigenvalue weighted by Gasteiger charge is 2.07. The summed E-state index contributed by atoms with van der Waals surface area (Å²) in [5.74, 6) is 0. The van der Waals surface area contributed by atoms with Crippen molar-refractivity contribution in [3.05, 3.63) is 41.7 Å². The highest BCUT2D eigenvalue weighted by atomic mass is 35.5. The summed E-state index contributed by atoms with van der Waals surface area (Å²) in [4.78, 5) is 8.59. The van der Waals surface area contributed by atoms with Gasteiger partial charge in [0, 0.05) is 23.0 Å². The van der Waals surface area contributed by atoms with E-state index in [0.29, 0.717) is 10.7 Å². The molecule has 0 atom stereocenters. The predicted molar refractivity (Wildman–Crippen MR) is 72.3 cm³/mol. The molecule has 3 aromatic rings. The molecule has 2 aromatic heterocycles. The van der Waals surface area contributed by atoms with Gasteiger partial charge in [0.05, 0.1) is 15.9 Å². The average Bonchev–Trinajstić information content (AvgIpc) is 2.72. The molecule has 0 amide bonds. The molecule has 0 saturated heterocycles. The number of fused-ring (bicyclic) bond motifs is 1. The lowest BCUT2D eigenvalue weighted by molar-refractivity contribution is 1.32. The van der Waals surface area contributed by atoms with E-state index in [1.807, 2.05) is 24.3 Å². The summed E-state index contributed by atoms with van der Waals surface area (Å²) in [5, 5.41) is 1.60. The second kappa shape index (κ2) is 3.98. The van der Waals surface area contributed by atoms with Crippen molar-refractivity contribution in [2.45, 2.75) is 0 Å². The summed E-state index contributed by atoms with van der Waals surface area (Å²) >= 11 is 7.53. The second-order valence-electron chi connectivity index (χ2n) is 3.64.